The van der Waals surface area contributed by atoms with Crippen LogP contribution in [0.1, 0.15) is 11.3 Å². The minimum atomic E-state index is -0.988. The summed E-state index contributed by atoms with van der Waals surface area (Å²) in [5, 5.41) is 11.8. The van der Waals surface area contributed by atoms with E-state index in [1.54, 1.807) is 0 Å². The van der Waals surface area contributed by atoms with Crippen LogP contribution in [0.4, 0.5) is 13.2 Å². The van der Waals surface area contributed by atoms with Crippen LogP contribution in [0.3, 0.4) is 0 Å². The van der Waals surface area contributed by atoms with Gasteiger partial charge in [-0.05, 0) is 12.1 Å². The second kappa shape index (κ2) is 5.14. The monoisotopic (exact) mass is 305 g/mol. The highest BCUT2D eigenvalue weighted by Gasteiger charge is 2.17. The lowest BCUT2D eigenvalue weighted by Gasteiger charge is -2.05. The van der Waals surface area contributed by atoms with Gasteiger partial charge in [0.25, 0.3) is 0 Å². The number of pyridine rings is 1. The Hall–Kier alpha value is -2.90. The average molecular weight is 305 g/mol. The Morgan fingerprint density at radius 2 is 2.05 bits per heavy atom. The van der Waals surface area contributed by atoms with Gasteiger partial charge in [0.1, 0.15) is 17.3 Å². The molecular formula is C14H10F3N5. The van der Waals surface area contributed by atoms with E-state index in [0.717, 1.165) is 18.3 Å². The molecular weight excluding hydrogens is 295 g/mol. The van der Waals surface area contributed by atoms with Crippen molar-refractivity contribution < 1.29 is 13.2 Å². The first-order chi connectivity index (χ1) is 10.5. The number of halogens is 3. The number of amidine groups is 1. The number of aromatic nitrogens is 3. The molecule has 0 amide bonds. The summed E-state index contributed by atoms with van der Waals surface area (Å²) >= 11 is 0. The number of nitrogens with zero attached hydrogens (tertiary/aromatic N) is 3. The van der Waals surface area contributed by atoms with Crippen LogP contribution in [0.5, 0.6) is 0 Å². The van der Waals surface area contributed by atoms with Gasteiger partial charge in [-0.15, -0.1) is 0 Å². The molecule has 0 bridgehead atoms. The highest BCUT2D eigenvalue weighted by Crippen LogP contribution is 2.20. The third kappa shape index (κ3) is 2.28. The fourth-order valence-electron chi connectivity index (χ4n) is 2.18. The van der Waals surface area contributed by atoms with Crippen molar-refractivity contribution in [2.24, 2.45) is 5.73 Å². The molecule has 0 aliphatic rings. The maximum absolute atomic E-state index is 13.8. The third-order valence-corrected chi connectivity index (χ3v) is 3.16. The number of rotatable bonds is 3. The fraction of sp³-hybridized carbons (Fsp3) is 0.0714. The van der Waals surface area contributed by atoms with Crippen LogP contribution in [-0.4, -0.2) is 20.6 Å². The zero-order valence-electron chi connectivity index (χ0n) is 11.1. The predicted molar refractivity (Wildman–Crippen MR) is 74.0 cm³/mol. The number of nitrogen functional groups attached to an aromatic ring is 1. The lowest BCUT2D eigenvalue weighted by atomic mass is 10.2. The number of hydrogen-bond donors (Lipinski definition) is 2. The highest BCUT2D eigenvalue weighted by molar-refractivity contribution is 6.04. The van der Waals surface area contributed by atoms with Gasteiger partial charge in [-0.25, -0.2) is 22.8 Å². The first-order valence-corrected chi connectivity index (χ1v) is 6.26. The standard InChI is InChI=1S/C14H10F3N5/c15-8-4-9-12(13(18)19)21-22(14(9)20-5-8)6-7-2-1-3-10(16)11(7)17/h1-5H,6H2,(H3,18,19). The molecule has 0 fully saturated rings. The summed E-state index contributed by atoms with van der Waals surface area (Å²) in [6.07, 6.45) is 0.979. The number of fused-ring (bicyclic) bond motifs is 1. The molecule has 0 saturated carbocycles. The van der Waals surface area contributed by atoms with E-state index in [1.807, 2.05) is 0 Å². The van der Waals surface area contributed by atoms with Crippen LogP contribution >= 0.6 is 0 Å². The van der Waals surface area contributed by atoms with E-state index in [1.165, 1.54) is 16.8 Å². The second-order valence-electron chi connectivity index (χ2n) is 4.66. The molecule has 112 valence electrons. The van der Waals surface area contributed by atoms with Crippen molar-refractivity contribution in [1.82, 2.24) is 14.8 Å². The second-order valence-corrected chi connectivity index (χ2v) is 4.66. The van der Waals surface area contributed by atoms with Gasteiger partial charge < -0.3 is 5.73 Å². The van der Waals surface area contributed by atoms with Gasteiger partial charge in [0.2, 0.25) is 0 Å². The van der Waals surface area contributed by atoms with Gasteiger partial charge in [0, 0.05) is 5.56 Å². The molecule has 2 aromatic heterocycles. The maximum Gasteiger partial charge on any atom is 0.163 e. The first kappa shape index (κ1) is 14.1. The van der Waals surface area contributed by atoms with E-state index in [2.05, 4.69) is 10.1 Å². The zero-order valence-corrected chi connectivity index (χ0v) is 11.1. The summed E-state index contributed by atoms with van der Waals surface area (Å²) in [6.45, 7) is -0.119. The van der Waals surface area contributed by atoms with E-state index in [-0.39, 0.29) is 34.7 Å². The fourth-order valence-corrected chi connectivity index (χ4v) is 2.18. The molecule has 0 spiro atoms. The summed E-state index contributed by atoms with van der Waals surface area (Å²) in [7, 11) is 0. The summed E-state index contributed by atoms with van der Waals surface area (Å²) in [5.74, 6) is -2.93. The summed E-state index contributed by atoms with van der Waals surface area (Å²) in [6, 6.07) is 4.93. The van der Waals surface area contributed by atoms with Crippen LogP contribution < -0.4 is 5.73 Å². The van der Waals surface area contributed by atoms with Crippen molar-refractivity contribution >= 4 is 16.9 Å². The van der Waals surface area contributed by atoms with Crippen molar-refractivity contribution in [2.75, 3.05) is 0 Å². The first-order valence-electron chi connectivity index (χ1n) is 6.26. The number of hydrogen-bond acceptors (Lipinski definition) is 3. The molecule has 5 nitrogen and oxygen atoms in total. The Kier molecular flexibility index (Phi) is 3.28. The molecule has 0 saturated heterocycles. The summed E-state index contributed by atoms with van der Waals surface area (Å²) in [4.78, 5) is 3.89. The number of nitrogens with two attached hydrogens (primary N) is 1. The molecule has 0 unspecified atom stereocenters. The van der Waals surface area contributed by atoms with Crippen molar-refractivity contribution in [2.45, 2.75) is 6.54 Å². The SMILES string of the molecule is N=C(N)c1nn(Cc2cccc(F)c2F)c2ncc(F)cc12. The van der Waals surface area contributed by atoms with Gasteiger partial charge in [-0.1, -0.05) is 12.1 Å². The lowest BCUT2D eigenvalue weighted by molar-refractivity contribution is 0.493. The summed E-state index contributed by atoms with van der Waals surface area (Å²) < 4.78 is 41.6. The quantitative estimate of drug-likeness (QED) is 0.575. The minimum Gasteiger partial charge on any atom is -0.382 e. The van der Waals surface area contributed by atoms with E-state index < -0.39 is 17.5 Å². The number of nitrogens with one attached hydrogen (secondary N) is 1. The molecule has 1 aromatic carbocycles. The molecule has 0 atom stereocenters. The van der Waals surface area contributed by atoms with Crippen LogP contribution in [0.25, 0.3) is 11.0 Å². The van der Waals surface area contributed by atoms with E-state index >= 15 is 0 Å². The Morgan fingerprint density at radius 1 is 1.27 bits per heavy atom. The van der Waals surface area contributed by atoms with Crippen LogP contribution in [0.15, 0.2) is 30.5 Å². The van der Waals surface area contributed by atoms with Gasteiger partial charge in [-0.2, -0.15) is 5.10 Å². The van der Waals surface area contributed by atoms with Gasteiger partial charge >= 0.3 is 0 Å². The smallest absolute Gasteiger partial charge is 0.163 e. The predicted octanol–water partition coefficient (Wildman–Crippen LogP) is 2.18. The molecule has 3 N–H and O–H groups in total. The minimum absolute atomic E-state index is 0.0406. The average Bonchev–Trinajstić information content (AvgIpc) is 2.82. The van der Waals surface area contributed by atoms with E-state index in [0.29, 0.717) is 0 Å². The normalized spacial score (nSPS) is 11.0. The highest BCUT2D eigenvalue weighted by atomic mass is 19.2. The molecule has 22 heavy (non-hydrogen) atoms. The third-order valence-electron chi connectivity index (χ3n) is 3.16. The molecule has 0 aliphatic heterocycles. The lowest BCUT2D eigenvalue weighted by Crippen LogP contribution is -2.13. The largest absolute Gasteiger partial charge is 0.382 e. The molecule has 3 aromatic rings. The van der Waals surface area contributed by atoms with Crippen molar-refractivity contribution in [3.8, 4) is 0 Å². The van der Waals surface area contributed by atoms with E-state index in [4.69, 9.17) is 11.1 Å². The molecule has 0 aliphatic carbocycles. The molecule has 8 heteroatoms. The van der Waals surface area contributed by atoms with Gasteiger partial charge in [0.05, 0.1) is 18.1 Å². The zero-order chi connectivity index (χ0) is 15.9. The molecule has 2 heterocycles. The molecule has 3 rings (SSSR count). The number of benzene rings is 1. The Labute approximate surface area is 122 Å². The Balaban J connectivity index is 2.15. The topological polar surface area (TPSA) is 80.6 Å². The van der Waals surface area contributed by atoms with Crippen LogP contribution in [0, 0.1) is 22.9 Å². The van der Waals surface area contributed by atoms with Crippen molar-refractivity contribution in [3.63, 3.8) is 0 Å². The van der Waals surface area contributed by atoms with Gasteiger partial charge in [0.15, 0.2) is 17.3 Å². The van der Waals surface area contributed by atoms with Crippen molar-refractivity contribution in [1.29, 1.82) is 5.41 Å². The van der Waals surface area contributed by atoms with Crippen LogP contribution in [0.2, 0.25) is 0 Å². The Morgan fingerprint density at radius 3 is 2.77 bits per heavy atom. The van der Waals surface area contributed by atoms with E-state index in [9.17, 15) is 13.2 Å². The van der Waals surface area contributed by atoms with Crippen molar-refractivity contribution in [3.05, 3.63) is 59.2 Å². The maximum atomic E-state index is 13.8. The Bertz CT molecular complexity index is 888. The molecule has 0 radical (unpaired) electrons. The summed E-state index contributed by atoms with van der Waals surface area (Å²) in [5.41, 5.74) is 5.75. The van der Waals surface area contributed by atoms with Gasteiger partial charge in [-0.3, -0.25) is 5.41 Å². The van der Waals surface area contributed by atoms with Crippen LogP contribution in [-0.2, 0) is 6.54 Å².